The predicted molar refractivity (Wildman–Crippen MR) is 147 cm³/mol. The average molecular weight is 506 g/mol. The minimum absolute atomic E-state index is 0.220. The second kappa shape index (κ2) is 9.97. The van der Waals surface area contributed by atoms with Crippen molar-refractivity contribution in [2.45, 2.75) is 38.1 Å². The quantitative estimate of drug-likeness (QED) is 0.237. The van der Waals surface area contributed by atoms with Gasteiger partial charge < -0.3 is 9.67 Å². The van der Waals surface area contributed by atoms with Gasteiger partial charge in [0, 0.05) is 22.6 Å². The van der Waals surface area contributed by atoms with Crippen molar-refractivity contribution in [3.8, 4) is 11.4 Å². The summed E-state index contributed by atoms with van der Waals surface area (Å²) < 4.78 is 2.25. The van der Waals surface area contributed by atoms with Crippen LogP contribution < -0.4 is 10.9 Å². The van der Waals surface area contributed by atoms with E-state index in [1.807, 2.05) is 54.6 Å². The van der Waals surface area contributed by atoms with Crippen LogP contribution in [0, 0.1) is 0 Å². The SMILES string of the molecule is O=C(O)c1ccc2c(c1)nc(-c1ccc(C(=O)NNc3ccc4ccccc4n3)cc1)n2C1CCCCC1. The van der Waals surface area contributed by atoms with Gasteiger partial charge in [0.2, 0.25) is 0 Å². The molecule has 190 valence electrons. The first-order chi connectivity index (χ1) is 18.6. The summed E-state index contributed by atoms with van der Waals surface area (Å²) in [5.41, 5.74) is 9.64. The molecule has 8 heteroatoms. The molecule has 1 aliphatic rings. The summed E-state index contributed by atoms with van der Waals surface area (Å²) in [5, 5.41) is 10.5. The number of nitrogens with zero attached hydrogens (tertiary/aromatic N) is 3. The molecule has 0 spiro atoms. The van der Waals surface area contributed by atoms with Crippen molar-refractivity contribution in [3.05, 3.63) is 90.0 Å². The number of rotatable bonds is 6. The van der Waals surface area contributed by atoms with Crippen LogP contribution in [0.25, 0.3) is 33.3 Å². The highest BCUT2D eigenvalue weighted by Gasteiger charge is 2.23. The van der Waals surface area contributed by atoms with Crippen LogP contribution in [-0.4, -0.2) is 31.5 Å². The Hall–Kier alpha value is -4.72. The molecule has 3 N–H and O–H groups in total. The van der Waals surface area contributed by atoms with E-state index in [0.717, 1.165) is 53.5 Å². The lowest BCUT2D eigenvalue weighted by Gasteiger charge is -2.25. The molecule has 38 heavy (non-hydrogen) atoms. The Balaban J connectivity index is 1.26. The van der Waals surface area contributed by atoms with Gasteiger partial charge in [-0.2, -0.15) is 0 Å². The fourth-order valence-corrected chi connectivity index (χ4v) is 5.24. The third-order valence-electron chi connectivity index (χ3n) is 7.18. The maximum Gasteiger partial charge on any atom is 0.335 e. The summed E-state index contributed by atoms with van der Waals surface area (Å²) in [7, 11) is 0. The lowest BCUT2D eigenvalue weighted by Crippen LogP contribution is -2.29. The second-order valence-electron chi connectivity index (χ2n) is 9.65. The maximum absolute atomic E-state index is 12.8. The molecular formula is C30H27N5O3. The van der Waals surface area contributed by atoms with Crippen LogP contribution in [0.3, 0.4) is 0 Å². The monoisotopic (exact) mass is 505 g/mol. The summed E-state index contributed by atoms with van der Waals surface area (Å²) in [6, 6.07) is 24.3. The molecule has 0 saturated heterocycles. The Labute approximate surface area is 219 Å². The Kier molecular flexibility index (Phi) is 6.21. The van der Waals surface area contributed by atoms with Crippen LogP contribution in [0.1, 0.15) is 58.9 Å². The van der Waals surface area contributed by atoms with Crippen LogP contribution in [0.15, 0.2) is 78.9 Å². The standard InChI is InChI=1S/C30H27N5O3/c36-29(34-33-27-17-15-19-6-4-5-9-24(19)31-27)21-12-10-20(11-13-21)28-32-25-18-22(30(37)38)14-16-26(25)35(28)23-7-2-1-3-8-23/h4-6,9-18,23H,1-3,7-8H2,(H,31,33)(H,34,36)(H,37,38). The number of carbonyl (C=O) groups excluding carboxylic acids is 1. The van der Waals surface area contributed by atoms with E-state index >= 15 is 0 Å². The number of aromatic carboxylic acids is 1. The van der Waals surface area contributed by atoms with E-state index < -0.39 is 5.97 Å². The Morgan fingerprint density at radius 1 is 0.816 bits per heavy atom. The van der Waals surface area contributed by atoms with Crippen molar-refractivity contribution in [1.29, 1.82) is 0 Å². The van der Waals surface area contributed by atoms with Gasteiger partial charge >= 0.3 is 5.97 Å². The van der Waals surface area contributed by atoms with Gasteiger partial charge in [0.05, 0.1) is 22.1 Å². The summed E-state index contributed by atoms with van der Waals surface area (Å²) in [6.07, 6.45) is 5.68. The Bertz CT molecular complexity index is 1650. The number of benzene rings is 3. The van der Waals surface area contributed by atoms with E-state index in [1.165, 1.54) is 6.42 Å². The minimum atomic E-state index is -0.969. The fourth-order valence-electron chi connectivity index (χ4n) is 5.24. The zero-order valence-electron chi connectivity index (χ0n) is 20.7. The highest BCUT2D eigenvalue weighted by atomic mass is 16.4. The number of imidazole rings is 1. The molecule has 1 saturated carbocycles. The first-order valence-electron chi connectivity index (χ1n) is 12.8. The molecule has 0 unspecified atom stereocenters. The maximum atomic E-state index is 12.8. The third kappa shape index (κ3) is 4.56. The number of anilines is 1. The number of pyridine rings is 1. The molecule has 1 amide bonds. The normalized spacial score (nSPS) is 14.0. The van der Waals surface area contributed by atoms with Gasteiger partial charge in [0.25, 0.3) is 5.91 Å². The molecule has 1 aliphatic carbocycles. The zero-order valence-corrected chi connectivity index (χ0v) is 20.7. The lowest BCUT2D eigenvalue weighted by atomic mass is 9.94. The number of fused-ring (bicyclic) bond motifs is 2. The lowest BCUT2D eigenvalue weighted by molar-refractivity contribution is 0.0696. The molecule has 6 rings (SSSR count). The van der Waals surface area contributed by atoms with E-state index in [4.69, 9.17) is 4.98 Å². The van der Waals surface area contributed by atoms with E-state index in [1.54, 1.807) is 24.3 Å². The molecule has 0 radical (unpaired) electrons. The molecule has 8 nitrogen and oxygen atoms in total. The third-order valence-corrected chi connectivity index (χ3v) is 7.18. The number of hydrogen-bond donors (Lipinski definition) is 3. The van der Waals surface area contributed by atoms with E-state index in [2.05, 4.69) is 20.4 Å². The molecule has 0 aliphatic heterocycles. The molecule has 2 heterocycles. The van der Waals surface area contributed by atoms with Crippen molar-refractivity contribution in [1.82, 2.24) is 20.0 Å². The number of carbonyl (C=O) groups is 2. The summed E-state index contributed by atoms with van der Waals surface area (Å²) in [5.74, 6) is 0.0948. The first-order valence-corrected chi connectivity index (χ1v) is 12.8. The van der Waals surface area contributed by atoms with Crippen molar-refractivity contribution in [2.24, 2.45) is 0 Å². The highest BCUT2D eigenvalue weighted by molar-refractivity contribution is 5.96. The fraction of sp³-hybridized carbons (Fsp3) is 0.200. The molecule has 0 atom stereocenters. The zero-order chi connectivity index (χ0) is 26.1. The number of carboxylic acid groups (broad SMARTS) is 1. The van der Waals surface area contributed by atoms with Crippen molar-refractivity contribution in [2.75, 3.05) is 5.43 Å². The predicted octanol–water partition coefficient (Wildman–Crippen LogP) is 6.21. The Morgan fingerprint density at radius 3 is 2.37 bits per heavy atom. The number of hydrogen-bond acceptors (Lipinski definition) is 5. The number of carboxylic acids is 1. The van der Waals surface area contributed by atoms with Crippen LogP contribution in [0.5, 0.6) is 0 Å². The van der Waals surface area contributed by atoms with Crippen molar-refractivity contribution < 1.29 is 14.7 Å². The van der Waals surface area contributed by atoms with Crippen LogP contribution in [0.4, 0.5) is 5.82 Å². The molecule has 3 aromatic carbocycles. The first kappa shape index (κ1) is 23.7. The van der Waals surface area contributed by atoms with E-state index in [-0.39, 0.29) is 11.5 Å². The van der Waals surface area contributed by atoms with Crippen molar-refractivity contribution in [3.63, 3.8) is 0 Å². The topological polar surface area (TPSA) is 109 Å². The van der Waals surface area contributed by atoms with Gasteiger partial charge in [0.15, 0.2) is 0 Å². The van der Waals surface area contributed by atoms with Gasteiger partial charge in [-0.05, 0) is 61.4 Å². The molecule has 2 aromatic heterocycles. The number of para-hydroxylation sites is 1. The summed E-state index contributed by atoms with van der Waals surface area (Å²) in [4.78, 5) is 33.7. The number of amides is 1. The van der Waals surface area contributed by atoms with Gasteiger partial charge in [-0.15, -0.1) is 0 Å². The molecule has 0 bridgehead atoms. The smallest absolute Gasteiger partial charge is 0.335 e. The van der Waals surface area contributed by atoms with Gasteiger partial charge in [-0.3, -0.25) is 15.6 Å². The van der Waals surface area contributed by atoms with Crippen LogP contribution in [-0.2, 0) is 0 Å². The largest absolute Gasteiger partial charge is 0.478 e. The Morgan fingerprint density at radius 2 is 1.58 bits per heavy atom. The average Bonchev–Trinajstić information content (AvgIpc) is 3.35. The van der Waals surface area contributed by atoms with E-state index in [0.29, 0.717) is 22.9 Å². The van der Waals surface area contributed by atoms with Gasteiger partial charge in [-0.25, -0.2) is 14.8 Å². The van der Waals surface area contributed by atoms with E-state index in [9.17, 15) is 14.7 Å². The van der Waals surface area contributed by atoms with Gasteiger partial charge in [0.1, 0.15) is 11.6 Å². The van der Waals surface area contributed by atoms with Gasteiger partial charge in [-0.1, -0.05) is 49.6 Å². The number of aromatic nitrogens is 3. The molecule has 1 fully saturated rings. The second-order valence-corrected chi connectivity index (χ2v) is 9.65. The number of nitrogens with one attached hydrogen (secondary N) is 2. The number of hydrazine groups is 1. The summed E-state index contributed by atoms with van der Waals surface area (Å²) >= 11 is 0. The van der Waals surface area contributed by atoms with Crippen LogP contribution in [0.2, 0.25) is 0 Å². The van der Waals surface area contributed by atoms with Crippen LogP contribution >= 0.6 is 0 Å². The molecular weight excluding hydrogens is 478 g/mol. The van der Waals surface area contributed by atoms with Crippen molar-refractivity contribution >= 4 is 39.6 Å². The highest BCUT2D eigenvalue weighted by Crippen LogP contribution is 2.36. The summed E-state index contributed by atoms with van der Waals surface area (Å²) in [6.45, 7) is 0. The molecule has 5 aromatic rings. The minimum Gasteiger partial charge on any atom is -0.478 e.